The Morgan fingerprint density at radius 1 is 1.26 bits per heavy atom. The van der Waals surface area contributed by atoms with Gasteiger partial charge in [-0.3, -0.25) is 4.79 Å². The molecular weight excluding hydrogens is 292 g/mol. The molecule has 0 bridgehead atoms. The molecule has 0 saturated carbocycles. The third-order valence-corrected chi connectivity index (χ3v) is 3.17. The summed E-state index contributed by atoms with van der Waals surface area (Å²) in [7, 11) is 1.63. The van der Waals surface area contributed by atoms with Crippen LogP contribution in [0.25, 0.3) is 0 Å². The highest BCUT2D eigenvalue weighted by Gasteiger charge is 2.07. The van der Waals surface area contributed by atoms with Crippen molar-refractivity contribution in [2.75, 3.05) is 25.5 Å². The molecule has 1 amide bonds. The lowest BCUT2D eigenvalue weighted by Gasteiger charge is -2.06. The van der Waals surface area contributed by atoms with Crippen LogP contribution in [0.3, 0.4) is 0 Å². The molecule has 2 rings (SSSR count). The van der Waals surface area contributed by atoms with Gasteiger partial charge >= 0.3 is 0 Å². The van der Waals surface area contributed by atoms with Gasteiger partial charge in [0.1, 0.15) is 17.3 Å². The van der Waals surface area contributed by atoms with Crippen molar-refractivity contribution in [1.29, 1.82) is 0 Å². The highest BCUT2D eigenvalue weighted by molar-refractivity contribution is 5.91. The normalized spacial score (nSPS) is 9.96. The van der Waals surface area contributed by atoms with E-state index in [1.165, 1.54) is 12.4 Å². The SMILES string of the molecule is C=CCNc1cnc(C(=O)NCCc2ccc(OC)cc2)cn1. The summed E-state index contributed by atoms with van der Waals surface area (Å²) in [5, 5.41) is 5.83. The second-order valence-electron chi connectivity index (χ2n) is 4.81. The van der Waals surface area contributed by atoms with Crippen LogP contribution in [-0.4, -0.2) is 36.1 Å². The first-order chi connectivity index (χ1) is 11.2. The molecule has 0 spiro atoms. The van der Waals surface area contributed by atoms with Crippen LogP contribution in [0.5, 0.6) is 5.75 Å². The Labute approximate surface area is 135 Å². The Kier molecular flexibility index (Phi) is 6.11. The molecule has 1 heterocycles. The van der Waals surface area contributed by atoms with Crippen molar-refractivity contribution in [2.45, 2.75) is 6.42 Å². The van der Waals surface area contributed by atoms with Crippen molar-refractivity contribution in [3.05, 3.63) is 60.6 Å². The Bertz CT molecular complexity index is 639. The monoisotopic (exact) mass is 312 g/mol. The molecule has 0 aliphatic heterocycles. The predicted octanol–water partition coefficient (Wildman–Crippen LogP) is 2.06. The number of nitrogens with one attached hydrogen (secondary N) is 2. The van der Waals surface area contributed by atoms with Gasteiger partial charge in [0.25, 0.3) is 5.91 Å². The Morgan fingerprint density at radius 3 is 2.65 bits per heavy atom. The summed E-state index contributed by atoms with van der Waals surface area (Å²) in [6, 6.07) is 7.75. The zero-order valence-electron chi connectivity index (χ0n) is 13.1. The quantitative estimate of drug-likeness (QED) is 0.730. The maximum Gasteiger partial charge on any atom is 0.271 e. The predicted molar refractivity (Wildman–Crippen MR) is 89.7 cm³/mol. The van der Waals surface area contributed by atoms with Gasteiger partial charge in [-0.25, -0.2) is 9.97 Å². The van der Waals surface area contributed by atoms with Gasteiger partial charge in [0, 0.05) is 13.1 Å². The number of rotatable bonds is 8. The standard InChI is InChI=1S/C17H20N4O2/c1-3-9-18-16-12-20-15(11-21-16)17(22)19-10-8-13-4-6-14(23-2)7-5-13/h3-7,11-12H,1,8-10H2,2H3,(H,18,21)(H,19,22). The number of hydrogen-bond donors (Lipinski definition) is 2. The highest BCUT2D eigenvalue weighted by Crippen LogP contribution is 2.11. The molecule has 0 aliphatic rings. The molecule has 0 atom stereocenters. The minimum Gasteiger partial charge on any atom is -0.497 e. The fourth-order valence-corrected chi connectivity index (χ4v) is 1.92. The van der Waals surface area contributed by atoms with Crippen molar-refractivity contribution in [3.63, 3.8) is 0 Å². The van der Waals surface area contributed by atoms with E-state index in [9.17, 15) is 4.79 Å². The van der Waals surface area contributed by atoms with E-state index >= 15 is 0 Å². The molecule has 6 heteroatoms. The van der Waals surface area contributed by atoms with Gasteiger partial charge in [-0.05, 0) is 24.1 Å². The number of benzene rings is 1. The summed E-state index contributed by atoms with van der Waals surface area (Å²) in [6.45, 7) is 4.74. The zero-order chi connectivity index (χ0) is 16.5. The molecule has 0 unspecified atom stereocenters. The summed E-state index contributed by atoms with van der Waals surface area (Å²) in [6.07, 6.45) is 5.44. The van der Waals surface area contributed by atoms with Crippen LogP contribution in [0.1, 0.15) is 16.1 Å². The summed E-state index contributed by atoms with van der Waals surface area (Å²) in [5.74, 6) is 1.19. The number of carbonyl (C=O) groups is 1. The summed E-state index contributed by atoms with van der Waals surface area (Å²) in [5.41, 5.74) is 1.42. The summed E-state index contributed by atoms with van der Waals surface area (Å²) >= 11 is 0. The fraction of sp³-hybridized carbons (Fsp3) is 0.235. The maximum absolute atomic E-state index is 12.0. The lowest BCUT2D eigenvalue weighted by atomic mass is 10.1. The van der Waals surface area contributed by atoms with Crippen LogP contribution in [0.4, 0.5) is 5.82 Å². The first-order valence-electron chi connectivity index (χ1n) is 7.31. The van der Waals surface area contributed by atoms with Crippen molar-refractivity contribution in [2.24, 2.45) is 0 Å². The molecule has 2 N–H and O–H groups in total. The van der Waals surface area contributed by atoms with Crippen molar-refractivity contribution in [1.82, 2.24) is 15.3 Å². The number of aromatic nitrogens is 2. The molecule has 0 fully saturated rings. The van der Waals surface area contributed by atoms with Crippen molar-refractivity contribution >= 4 is 11.7 Å². The topological polar surface area (TPSA) is 76.1 Å². The van der Waals surface area contributed by atoms with Crippen LogP contribution in [0.2, 0.25) is 0 Å². The van der Waals surface area contributed by atoms with Gasteiger partial charge in [-0.2, -0.15) is 0 Å². The number of anilines is 1. The molecule has 0 aliphatic carbocycles. The summed E-state index contributed by atoms with van der Waals surface area (Å²) in [4.78, 5) is 20.2. The summed E-state index contributed by atoms with van der Waals surface area (Å²) < 4.78 is 5.11. The van der Waals surface area contributed by atoms with E-state index in [4.69, 9.17) is 4.74 Å². The number of nitrogens with zero attached hydrogens (tertiary/aromatic N) is 2. The largest absolute Gasteiger partial charge is 0.497 e. The van der Waals surface area contributed by atoms with Crippen LogP contribution < -0.4 is 15.4 Å². The van der Waals surface area contributed by atoms with Crippen LogP contribution in [-0.2, 0) is 6.42 Å². The number of carbonyl (C=O) groups excluding carboxylic acids is 1. The van der Waals surface area contributed by atoms with Crippen molar-refractivity contribution in [3.8, 4) is 5.75 Å². The van der Waals surface area contributed by atoms with E-state index in [0.717, 1.165) is 17.7 Å². The van der Waals surface area contributed by atoms with Gasteiger partial charge in [0.15, 0.2) is 0 Å². The molecule has 0 saturated heterocycles. The number of ether oxygens (including phenoxy) is 1. The van der Waals surface area contributed by atoms with Gasteiger partial charge < -0.3 is 15.4 Å². The van der Waals surface area contributed by atoms with E-state index in [1.54, 1.807) is 13.2 Å². The molecule has 0 radical (unpaired) electrons. The van der Waals surface area contributed by atoms with Gasteiger partial charge in [-0.15, -0.1) is 6.58 Å². The van der Waals surface area contributed by atoms with Crippen LogP contribution in [0.15, 0.2) is 49.3 Å². The Morgan fingerprint density at radius 2 is 2.04 bits per heavy atom. The van der Waals surface area contributed by atoms with E-state index < -0.39 is 0 Å². The minimum atomic E-state index is -0.235. The first-order valence-corrected chi connectivity index (χ1v) is 7.31. The molecule has 1 aromatic heterocycles. The minimum absolute atomic E-state index is 0.235. The number of hydrogen-bond acceptors (Lipinski definition) is 5. The van der Waals surface area contributed by atoms with Crippen LogP contribution >= 0.6 is 0 Å². The van der Waals surface area contributed by atoms with Gasteiger partial charge in [-0.1, -0.05) is 18.2 Å². The average Bonchev–Trinajstić information content (AvgIpc) is 2.61. The van der Waals surface area contributed by atoms with Gasteiger partial charge in [0.05, 0.1) is 19.5 Å². The first kappa shape index (κ1) is 16.5. The van der Waals surface area contributed by atoms with Crippen molar-refractivity contribution < 1.29 is 9.53 Å². The molecule has 23 heavy (non-hydrogen) atoms. The molecule has 2 aromatic rings. The second kappa shape index (κ2) is 8.53. The van der Waals surface area contributed by atoms with Gasteiger partial charge in [0.2, 0.25) is 0 Å². The van der Waals surface area contributed by atoms with E-state index in [0.29, 0.717) is 24.6 Å². The molecule has 1 aromatic carbocycles. The molecular formula is C17H20N4O2. The molecule has 6 nitrogen and oxygen atoms in total. The second-order valence-corrected chi connectivity index (χ2v) is 4.81. The number of amides is 1. The lowest BCUT2D eigenvalue weighted by molar-refractivity contribution is 0.0949. The van der Waals surface area contributed by atoms with Crippen LogP contribution in [0, 0.1) is 0 Å². The zero-order valence-corrected chi connectivity index (χ0v) is 13.1. The van der Waals surface area contributed by atoms with E-state index in [1.807, 2.05) is 24.3 Å². The molecule has 120 valence electrons. The number of methoxy groups -OCH3 is 1. The third kappa shape index (κ3) is 5.10. The fourth-order valence-electron chi connectivity index (χ4n) is 1.92. The average molecular weight is 312 g/mol. The highest BCUT2D eigenvalue weighted by atomic mass is 16.5. The van der Waals surface area contributed by atoms with E-state index in [-0.39, 0.29) is 5.91 Å². The lowest BCUT2D eigenvalue weighted by Crippen LogP contribution is -2.26. The maximum atomic E-state index is 12.0. The Balaban J connectivity index is 1.80. The van der Waals surface area contributed by atoms with E-state index in [2.05, 4.69) is 27.2 Å². The smallest absolute Gasteiger partial charge is 0.271 e. The third-order valence-electron chi connectivity index (χ3n) is 3.17. The Hall–Kier alpha value is -2.89.